The third-order valence-electron chi connectivity index (χ3n) is 5.52. The Morgan fingerprint density at radius 3 is 2.38 bits per heavy atom. The number of anilines is 1. The molecule has 13 heteroatoms. The van der Waals surface area contributed by atoms with Gasteiger partial charge in [-0.25, -0.2) is 4.98 Å². The van der Waals surface area contributed by atoms with Crippen LogP contribution in [0.25, 0.3) is 22.4 Å². The van der Waals surface area contributed by atoms with Crippen LogP contribution in [0.15, 0.2) is 36.8 Å². The molecule has 1 saturated carbocycles. The Hall–Kier alpha value is -4.10. The maximum atomic E-state index is 10.4. The van der Waals surface area contributed by atoms with Crippen molar-refractivity contribution in [3.63, 3.8) is 0 Å². The molecule has 1 saturated heterocycles. The van der Waals surface area contributed by atoms with Gasteiger partial charge in [-0.2, -0.15) is 5.10 Å². The number of hydrogen-bond acceptors (Lipinski definition) is 10. The molecule has 1 unspecified atom stereocenters. The second kappa shape index (κ2) is 11.2. The van der Waals surface area contributed by atoms with Gasteiger partial charge in [0.15, 0.2) is 0 Å². The number of hydrogen-bond donors (Lipinski definition) is 6. The molecular weight excluding hydrogens is 446 g/mol. The first-order chi connectivity index (χ1) is 16.5. The third-order valence-corrected chi connectivity index (χ3v) is 5.52. The second-order valence-corrected chi connectivity index (χ2v) is 7.63. The first kappa shape index (κ1) is 24.5. The molecule has 180 valence electrons. The topological polar surface area (TPSA) is 198 Å². The number of carboxylic acid groups (broad SMARTS) is 2. The highest BCUT2D eigenvalue weighted by Gasteiger charge is 2.49. The van der Waals surface area contributed by atoms with Crippen molar-refractivity contribution in [1.29, 1.82) is 0 Å². The summed E-state index contributed by atoms with van der Waals surface area (Å²) in [6.07, 6.45) is 6.76. The van der Waals surface area contributed by atoms with Gasteiger partial charge >= 0.3 is 0 Å². The summed E-state index contributed by atoms with van der Waals surface area (Å²) in [6, 6.07) is 5.40. The van der Waals surface area contributed by atoms with Gasteiger partial charge in [0.05, 0.1) is 24.0 Å². The lowest BCUT2D eigenvalue weighted by atomic mass is 10.0. The van der Waals surface area contributed by atoms with E-state index in [1.54, 1.807) is 30.7 Å². The lowest BCUT2D eigenvalue weighted by molar-refractivity contribution is -0.123. The summed E-state index contributed by atoms with van der Waals surface area (Å²) in [5, 5.41) is 53.1. The average molecular weight is 471 g/mol. The van der Waals surface area contributed by atoms with E-state index in [0.717, 1.165) is 37.1 Å². The van der Waals surface area contributed by atoms with Gasteiger partial charge in [-0.1, -0.05) is 6.07 Å². The highest BCUT2D eigenvalue weighted by molar-refractivity contribution is 5.73. The average Bonchev–Trinajstić information content (AvgIpc) is 3.36. The number of aromatic amines is 1. The van der Waals surface area contributed by atoms with Crippen molar-refractivity contribution < 1.29 is 30.0 Å². The van der Waals surface area contributed by atoms with Crippen molar-refractivity contribution in [2.24, 2.45) is 0 Å². The summed E-state index contributed by atoms with van der Waals surface area (Å²) < 4.78 is 0. The molecule has 6 N–H and O–H groups in total. The van der Waals surface area contributed by atoms with Crippen molar-refractivity contribution in [2.75, 3.05) is 24.5 Å². The summed E-state index contributed by atoms with van der Waals surface area (Å²) in [6.45, 7) is 1.69. The zero-order chi connectivity index (χ0) is 24.6. The number of nitrogens with zero attached hydrogens (tertiary/aromatic N) is 5. The van der Waals surface area contributed by atoms with Gasteiger partial charge in [0, 0.05) is 37.0 Å². The van der Waals surface area contributed by atoms with Crippen LogP contribution >= 0.6 is 0 Å². The summed E-state index contributed by atoms with van der Waals surface area (Å²) >= 11 is 0. The van der Waals surface area contributed by atoms with Crippen molar-refractivity contribution in [1.82, 2.24) is 30.7 Å². The molecule has 0 amide bonds. The molecule has 3 aromatic rings. The quantitative estimate of drug-likeness (QED) is 0.286. The number of phenolic OH excluding ortho intramolecular Hbond substituents is 1. The maximum absolute atomic E-state index is 10.4. The van der Waals surface area contributed by atoms with Gasteiger partial charge in [-0.05, 0) is 30.5 Å². The number of benzene rings is 1. The Labute approximate surface area is 194 Å². The molecule has 0 bridgehead atoms. The molecule has 1 aromatic carbocycles. The fourth-order valence-corrected chi connectivity index (χ4v) is 3.64. The molecule has 0 spiro atoms. The Morgan fingerprint density at radius 2 is 1.82 bits per heavy atom. The first-order valence-corrected chi connectivity index (χ1v) is 10.3. The number of aromatic hydroxyl groups is 1. The smallest absolute Gasteiger partial charge is 0.290 e. The lowest BCUT2D eigenvalue weighted by Crippen LogP contribution is -2.57. The van der Waals surface area contributed by atoms with Gasteiger partial charge in [-0.3, -0.25) is 14.7 Å². The zero-order valence-electron chi connectivity index (χ0n) is 18.1. The van der Waals surface area contributed by atoms with E-state index in [2.05, 4.69) is 30.7 Å². The van der Waals surface area contributed by atoms with Gasteiger partial charge in [-0.15, -0.1) is 10.2 Å². The highest BCUT2D eigenvalue weighted by atomic mass is 16.3. The van der Waals surface area contributed by atoms with Crippen LogP contribution in [0.1, 0.15) is 12.8 Å². The van der Waals surface area contributed by atoms with Crippen LogP contribution in [0.4, 0.5) is 5.95 Å². The van der Waals surface area contributed by atoms with Crippen LogP contribution in [0.2, 0.25) is 0 Å². The van der Waals surface area contributed by atoms with Crippen molar-refractivity contribution in [3.05, 3.63) is 36.8 Å². The fraction of sp³-hybridized carbons (Fsp3) is 0.333. The predicted octanol–water partition coefficient (Wildman–Crippen LogP) is 0.339. The van der Waals surface area contributed by atoms with E-state index in [4.69, 9.17) is 19.8 Å². The van der Waals surface area contributed by atoms with Crippen LogP contribution < -0.4 is 10.2 Å². The van der Waals surface area contributed by atoms with E-state index >= 15 is 0 Å². The number of rotatable bonds is 4. The van der Waals surface area contributed by atoms with Crippen LogP contribution in [0.5, 0.6) is 5.75 Å². The molecule has 13 nitrogen and oxygen atoms in total. The molecule has 1 atom stereocenters. The fourth-order valence-electron chi connectivity index (χ4n) is 3.64. The molecule has 5 rings (SSSR count). The number of aliphatic hydroxyl groups is 1. The van der Waals surface area contributed by atoms with E-state index in [-0.39, 0.29) is 24.7 Å². The molecule has 1 aliphatic carbocycles. The van der Waals surface area contributed by atoms with E-state index in [1.807, 2.05) is 11.0 Å². The minimum Gasteiger partial charge on any atom is -0.507 e. The van der Waals surface area contributed by atoms with Crippen LogP contribution in [0.3, 0.4) is 0 Å². The zero-order valence-corrected chi connectivity index (χ0v) is 18.1. The number of phenols is 1. The lowest BCUT2D eigenvalue weighted by Gasteiger charge is -2.36. The number of nitrogens with one attached hydrogen (secondary N) is 2. The standard InChI is InChI=1S/C19H21N7O2.2CH2O2/c27-16-7-12(13-8-22-23-9-13)1-2-14(16)15-10-21-18(25-24-15)26-6-5-20-17(11-26)19(28)3-4-19;2*2-1-3/h1-2,7-10,17,20,27-28H,3-6,11H2,(H,22,23);2*1H,(H,2,3). The Kier molecular flexibility index (Phi) is 8.05. The molecule has 34 heavy (non-hydrogen) atoms. The van der Waals surface area contributed by atoms with E-state index < -0.39 is 5.60 Å². The monoisotopic (exact) mass is 471 g/mol. The largest absolute Gasteiger partial charge is 0.507 e. The molecular formula is C21H25N7O6. The van der Waals surface area contributed by atoms with E-state index in [9.17, 15) is 10.2 Å². The van der Waals surface area contributed by atoms with Crippen LogP contribution in [-0.4, -0.2) is 90.0 Å². The van der Waals surface area contributed by atoms with Gasteiger partial charge in [0.25, 0.3) is 12.9 Å². The summed E-state index contributed by atoms with van der Waals surface area (Å²) in [4.78, 5) is 23.2. The van der Waals surface area contributed by atoms with E-state index in [0.29, 0.717) is 23.8 Å². The first-order valence-electron chi connectivity index (χ1n) is 10.3. The third kappa shape index (κ3) is 5.82. The highest BCUT2D eigenvalue weighted by Crippen LogP contribution is 2.39. The number of piperazine rings is 1. The summed E-state index contributed by atoms with van der Waals surface area (Å²) in [5.41, 5.74) is 2.25. The molecule has 1 aliphatic heterocycles. The predicted molar refractivity (Wildman–Crippen MR) is 120 cm³/mol. The minimum absolute atomic E-state index is 0.0315. The molecule has 2 aromatic heterocycles. The van der Waals surface area contributed by atoms with Crippen molar-refractivity contribution >= 4 is 18.9 Å². The Bertz CT molecular complexity index is 1070. The molecule has 2 aliphatic rings. The summed E-state index contributed by atoms with van der Waals surface area (Å²) in [5.74, 6) is 0.648. The molecule has 2 fully saturated rings. The second-order valence-electron chi connectivity index (χ2n) is 7.63. The van der Waals surface area contributed by atoms with E-state index in [1.165, 1.54) is 0 Å². The molecule has 3 heterocycles. The van der Waals surface area contributed by atoms with Crippen LogP contribution in [-0.2, 0) is 9.59 Å². The van der Waals surface area contributed by atoms with Crippen molar-refractivity contribution in [3.8, 4) is 28.1 Å². The number of aromatic nitrogens is 5. The number of H-pyrrole nitrogens is 1. The maximum Gasteiger partial charge on any atom is 0.290 e. The van der Waals surface area contributed by atoms with Crippen molar-refractivity contribution in [2.45, 2.75) is 24.5 Å². The van der Waals surface area contributed by atoms with Gasteiger partial charge < -0.3 is 30.6 Å². The Morgan fingerprint density at radius 1 is 1.09 bits per heavy atom. The minimum atomic E-state index is -0.589. The summed E-state index contributed by atoms with van der Waals surface area (Å²) in [7, 11) is 0. The van der Waals surface area contributed by atoms with Gasteiger partial charge in [0.2, 0.25) is 5.95 Å². The Balaban J connectivity index is 0.000000492. The van der Waals surface area contributed by atoms with Crippen LogP contribution in [0, 0.1) is 0 Å². The molecule has 0 radical (unpaired) electrons. The normalized spacial score (nSPS) is 17.9. The number of carbonyl (C=O) groups is 2. The SMILES string of the molecule is O=CO.O=CO.Oc1cc(-c2cn[nH]c2)ccc1-c1cnc(N2CCNC(C3(O)CC3)C2)nn1. The van der Waals surface area contributed by atoms with Gasteiger partial charge in [0.1, 0.15) is 11.4 Å².